The number of hydrogen-bond acceptors (Lipinski definition) is 2. The molecule has 222 valence electrons. The van der Waals surface area contributed by atoms with Gasteiger partial charge in [-0.2, -0.15) is 0 Å². The molecule has 1 aliphatic heterocycles. The molecule has 0 N–H and O–H groups in total. The summed E-state index contributed by atoms with van der Waals surface area (Å²) in [7, 11) is 0. The fourth-order valence-corrected chi connectivity index (χ4v) is 9.22. The molecule has 1 spiro atoms. The van der Waals surface area contributed by atoms with Crippen molar-refractivity contribution in [1.29, 1.82) is 0 Å². The molecule has 0 radical (unpaired) electrons. The second-order valence-corrected chi connectivity index (χ2v) is 13.3. The molecule has 3 heteroatoms. The summed E-state index contributed by atoms with van der Waals surface area (Å²) in [4.78, 5) is 5.35. The first-order valence-electron chi connectivity index (χ1n) is 16.7. The van der Waals surface area contributed by atoms with E-state index in [0.29, 0.717) is 0 Å². The van der Waals surface area contributed by atoms with E-state index in [-0.39, 0.29) is 12.0 Å². The molecule has 47 heavy (non-hydrogen) atoms. The summed E-state index contributed by atoms with van der Waals surface area (Å²) in [5.74, 6) is 2.20. The van der Waals surface area contributed by atoms with E-state index in [1.54, 1.807) is 0 Å². The third kappa shape index (κ3) is 3.19. The van der Waals surface area contributed by atoms with E-state index in [1.165, 1.54) is 61.5 Å². The molecule has 2 heterocycles. The minimum absolute atomic E-state index is 0.0530. The van der Waals surface area contributed by atoms with Crippen molar-refractivity contribution in [1.82, 2.24) is 9.55 Å². The fourth-order valence-electron chi connectivity index (χ4n) is 9.22. The van der Waals surface area contributed by atoms with Crippen LogP contribution in [0.2, 0.25) is 0 Å². The van der Waals surface area contributed by atoms with Crippen molar-refractivity contribution in [3.8, 4) is 34.0 Å². The van der Waals surface area contributed by atoms with Gasteiger partial charge in [-0.25, -0.2) is 4.98 Å². The Morgan fingerprint density at radius 1 is 0.702 bits per heavy atom. The Kier molecular flexibility index (Phi) is 5.00. The van der Waals surface area contributed by atoms with Crippen LogP contribution in [0.15, 0.2) is 145 Å². The second kappa shape index (κ2) is 9.20. The molecular formula is C44H30N2O. The number of fused-ring (bicyclic) bond motifs is 14. The average Bonchev–Trinajstić information content (AvgIpc) is 3.87. The van der Waals surface area contributed by atoms with Gasteiger partial charge in [0.25, 0.3) is 0 Å². The lowest BCUT2D eigenvalue weighted by molar-refractivity contribution is 0.277. The predicted octanol–water partition coefficient (Wildman–Crippen LogP) is 9.70. The SMILES string of the molecule is C1=Cc2c(nc(-c3ccc4c(c3)C3(C5=C(c6ccccc63)C3Oc6ccccc6C3C=C5)c3ccccc3-4)n2-c2ccccc2)CC1. The number of rotatable bonds is 2. The fraction of sp³-hybridized carbons (Fsp3) is 0.114. The van der Waals surface area contributed by atoms with Crippen LogP contribution in [0.1, 0.15) is 51.5 Å². The lowest BCUT2D eigenvalue weighted by atomic mass is 9.68. The zero-order valence-corrected chi connectivity index (χ0v) is 25.7. The van der Waals surface area contributed by atoms with Crippen LogP contribution in [0.5, 0.6) is 5.75 Å². The summed E-state index contributed by atoms with van der Waals surface area (Å²) >= 11 is 0. The number of aromatic nitrogens is 2. The van der Waals surface area contributed by atoms with Gasteiger partial charge in [-0.3, -0.25) is 4.57 Å². The van der Waals surface area contributed by atoms with Gasteiger partial charge in [0.1, 0.15) is 17.7 Å². The number of imidazole rings is 1. The van der Waals surface area contributed by atoms with Crippen molar-refractivity contribution in [3.63, 3.8) is 0 Å². The standard InChI is InChI=1S/C44H30N2O/c1-2-12-28(13-3-1)46-39-20-10-9-19-38(39)45-43(46)27-22-23-30-29-14-4-7-17-34(29)44(37(30)26-27)35-18-8-5-16-33(35)41-36(44)25-24-32-31-15-6-11-21-40(31)47-42(32)41/h1-8,10-18,20-26,32,42H,9,19H2. The molecule has 3 nitrogen and oxygen atoms in total. The highest BCUT2D eigenvalue weighted by molar-refractivity contribution is 5.98. The number of hydrogen-bond donors (Lipinski definition) is 0. The van der Waals surface area contributed by atoms with Crippen LogP contribution in [0.4, 0.5) is 0 Å². The molecule has 4 aliphatic carbocycles. The molecule has 0 saturated carbocycles. The molecule has 0 saturated heterocycles. The highest BCUT2D eigenvalue weighted by atomic mass is 16.5. The zero-order chi connectivity index (χ0) is 30.7. The third-order valence-electron chi connectivity index (χ3n) is 11.1. The minimum atomic E-state index is -0.447. The van der Waals surface area contributed by atoms with E-state index in [9.17, 15) is 0 Å². The van der Waals surface area contributed by atoms with Crippen LogP contribution in [-0.4, -0.2) is 15.7 Å². The van der Waals surface area contributed by atoms with E-state index in [1.807, 2.05) is 0 Å². The maximum absolute atomic E-state index is 6.84. The lowest BCUT2D eigenvalue weighted by Crippen LogP contribution is -2.29. The highest BCUT2D eigenvalue weighted by Gasteiger charge is 2.56. The Morgan fingerprint density at radius 2 is 1.45 bits per heavy atom. The second-order valence-electron chi connectivity index (χ2n) is 13.3. The first-order valence-corrected chi connectivity index (χ1v) is 16.7. The van der Waals surface area contributed by atoms with Crippen LogP contribution in [0.3, 0.4) is 0 Å². The van der Waals surface area contributed by atoms with Gasteiger partial charge in [-0.05, 0) is 82.1 Å². The van der Waals surface area contributed by atoms with Crippen LogP contribution in [-0.2, 0) is 11.8 Å². The van der Waals surface area contributed by atoms with Crippen molar-refractivity contribution >= 4 is 11.6 Å². The molecular weight excluding hydrogens is 572 g/mol. The Bertz CT molecular complexity index is 2410. The Balaban J connectivity index is 1.19. The summed E-state index contributed by atoms with van der Waals surface area (Å²) in [5.41, 5.74) is 16.0. The molecule has 6 aromatic rings. The number of nitrogens with zero attached hydrogens (tertiary/aromatic N) is 2. The van der Waals surface area contributed by atoms with E-state index < -0.39 is 5.41 Å². The average molecular weight is 603 g/mol. The van der Waals surface area contributed by atoms with Crippen molar-refractivity contribution < 1.29 is 4.74 Å². The molecule has 11 rings (SSSR count). The van der Waals surface area contributed by atoms with Gasteiger partial charge < -0.3 is 4.74 Å². The van der Waals surface area contributed by atoms with Crippen molar-refractivity contribution in [2.24, 2.45) is 0 Å². The zero-order valence-electron chi connectivity index (χ0n) is 25.7. The predicted molar refractivity (Wildman–Crippen MR) is 188 cm³/mol. The molecule has 0 amide bonds. The number of para-hydroxylation sites is 2. The molecule has 1 aromatic heterocycles. The molecule has 0 fully saturated rings. The Morgan fingerprint density at radius 3 is 2.34 bits per heavy atom. The largest absolute Gasteiger partial charge is 0.484 e. The van der Waals surface area contributed by atoms with Gasteiger partial charge >= 0.3 is 0 Å². The van der Waals surface area contributed by atoms with E-state index >= 15 is 0 Å². The summed E-state index contributed by atoms with van der Waals surface area (Å²) in [6, 6.07) is 44.4. The van der Waals surface area contributed by atoms with Crippen LogP contribution in [0.25, 0.3) is 39.9 Å². The third-order valence-corrected chi connectivity index (χ3v) is 11.1. The first kappa shape index (κ1) is 25.5. The Hall–Kier alpha value is -5.67. The van der Waals surface area contributed by atoms with Gasteiger partial charge in [0.15, 0.2) is 0 Å². The van der Waals surface area contributed by atoms with Crippen LogP contribution >= 0.6 is 0 Å². The van der Waals surface area contributed by atoms with Crippen molar-refractivity contribution in [2.75, 3.05) is 0 Å². The van der Waals surface area contributed by atoms with Crippen molar-refractivity contribution in [2.45, 2.75) is 30.3 Å². The quantitative estimate of drug-likeness (QED) is 0.197. The monoisotopic (exact) mass is 602 g/mol. The van der Waals surface area contributed by atoms with Crippen molar-refractivity contribution in [3.05, 3.63) is 184 Å². The van der Waals surface area contributed by atoms with Gasteiger partial charge in [-0.15, -0.1) is 0 Å². The molecule has 3 unspecified atom stereocenters. The maximum Gasteiger partial charge on any atom is 0.145 e. The summed E-state index contributed by atoms with van der Waals surface area (Å²) in [5, 5.41) is 0. The van der Waals surface area contributed by atoms with E-state index in [2.05, 4.69) is 150 Å². The van der Waals surface area contributed by atoms with E-state index in [0.717, 1.165) is 35.7 Å². The molecule has 5 aromatic carbocycles. The smallest absolute Gasteiger partial charge is 0.145 e. The van der Waals surface area contributed by atoms with E-state index in [4.69, 9.17) is 9.72 Å². The number of allylic oxidation sites excluding steroid dienone is 3. The molecule has 5 aliphatic rings. The highest BCUT2D eigenvalue weighted by Crippen LogP contribution is 2.65. The van der Waals surface area contributed by atoms with Gasteiger partial charge in [0, 0.05) is 28.3 Å². The van der Waals surface area contributed by atoms with Gasteiger partial charge in [0.2, 0.25) is 0 Å². The number of benzene rings is 5. The summed E-state index contributed by atoms with van der Waals surface area (Å²) in [6.07, 6.45) is 11.3. The molecule has 3 atom stereocenters. The van der Waals surface area contributed by atoms with Crippen LogP contribution < -0.4 is 4.74 Å². The molecule has 0 bridgehead atoms. The van der Waals surface area contributed by atoms with Gasteiger partial charge in [-0.1, -0.05) is 115 Å². The maximum atomic E-state index is 6.84. The summed E-state index contributed by atoms with van der Waals surface area (Å²) in [6.45, 7) is 0. The minimum Gasteiger partial charge on any atom is -0.484 e. The first-order chi connectivity index (χ1) is 23.3. The lowest BCUT2D eigenvalue weighted by Gasteiger charge is -2.33. The summed E-state index contributed by atoms with van der Waals surface area (Å²) < 4.78 is 9.19. The normalized spacial score (nSPS) is 21.9. The number of aryl methyl sites for hydroxylation is 1. The Labute approximate surface area is 273 Å². The van der Waals surface area contributed by atoms with Gasteiger partial charge in [0.05, 0.1) is 16.8 Å². The topological polar surface area (TPSA) is 27.1 Å². The van der Waals surface area contributed by atoms with Crippen LogP contribution in [0, 0.1) is 0 Å². The number of ether oxygens (including phenoxy) is 1.